The molecular formula is C15H21Br2NO2S. The lowest BCUT2D eigenvalue weighted by molar-refractivity contribution is 0.0651. The van der Waals surface area contributed by atoms with Crippen LogP contribution < -0.4 is 0 Å². The molecule has 0 aliphatic carbocycles. The third kappa shape index (κ3) is 4.39. The monoisotopic (exact) mass is 437 g/mol. The van der Waals surface area contributed by atoms with Crippen LogP contribution in [0, 0.1) is 0 Å². The first kappa shape index (κ1) is 18.8. The summed E-state index contributed by atoms with van der Waals surface area (Å²) in [7, 11) is 0. The van der Waals surface area contributed by atoms with E-state index >= 15 is 0 Å². The van der Waals surface area contributed by atoms with Gasteiger partial charge in [-0.3, -0.25) is 14.5 Å². The second-order valence-electron chi connectivity index (χ2n) is 4.87. The Morgan fingerprint density at radius 1 is 0.857 bits per heavy atom. The van der Waals surface area contributed by atoms with Crippen molar-refractivity contribution in [3.8, 4) is 0 Å². The summed E-state index contributed by atoms with van der Waals surface area (Å²) in [6, 6.07) is 0. The van der Waals surface area contributed by atoms with Crippen LogP contribution in [0.1, 0.15) is 73.6 Å². The van der Waals surface area contributed by atoms with Gasteiger partial charge in [0.25, 0.3) is 11.8 Å². The molecule has 2 amide bonds. The standard InChI is InChI=1S/C10H9Br2NO2S.C5H12/c1-2-3-4-13-9(14)5-6(10(13)15)8(12)16-7(5)11;1-3-5-4-2/h2-4H2,1H3;3-5H2,1-2H3. The van der Waals surface area contributed by atoms with Crippen molar-refractivity contribution in [2.75, 3.05) is 6.54 Å². The predicted molar refractivity (Wildman–Crippen MR) is 95.2 cm³/mol. The molecule has 0 saturated carbocycles. The normalized spacial score (nSPS) is 13.3. The largest absolute Gasteiger partial charge is 0.274 e. The predicted octanol–water partition coefficient (Wildman–Crippen LogP) is 5.87. The van der Waals surface area contributed by atoms with E-state index in [1.165, 1.54) is 35.5 Å². The molecule has 21 heavy (non-hydrogen) atoms. The van der Waals surface area contributed by atoms with E-state index in [2.05, 4.69) is 45.7 Å². The zero-order valence-corrected chi connectivity index (χ0v) is 16.7. The van der Waals surface area contributed by atoms with Crippen molar-refractivity contribution in [3.63, 3.8) is 0 Å². The Bertz CT molecular complexity index is 476. The molecule has 0 radical (unpaired) electrons. The van der Waals surface area contributed by atoms with Gasteiger partial charge in [-0.1, -0.05) is 46.5 Å². The molecular weight excluding hydrogens is 418 g/mol. The average molecular weight is 439 g/mol. The van der Waals surface area contributed by atoms with Crippen molar-refractivity contribution >= 4 is 55.0 Å². The van der Waals surface area contributed by atoms with Crippen molar-refractivity contribution in [2.24, 2.45) is 0 Å². The molecule has 1 aromatic rings. The average Bonchev–Trinajstić information content (AvgIpc) is 2.87. The van der Waals surface area contributed by atoms with Crippen molar-refractivity contribution in [3.05, 3.63) is 18.7 Å². The van der Waals surface area contributed by atoms with Crippen LogP contribution in [-0.4, -0.2) is 23.3 Å². The van der Waals surface area contributed by atoms with Gasteiger partial charge in [0.2, 0.25) is 0 Å². The first-order valence-electron chi connectivity index (χ1n) is 7.33. The summed E-state index contributed by atoms with van der Waals surface area (Å²) < 4.78 is 1.46. The van der Waals surface area contributed by atoms with E-state index in [1.807, 2.05) is 6.92 Å². The number of hydrogen-bond donors (Lipinski definition) is 0. The number of nitrogens with zero attached hydrogens (tertiary/aromatic N) is 1. The van der Waals surface area contributed by atoms with Crippen molar-refractivity contribution in [1.82, 2.24) is 4.90 Å². The van der Waals surface area contributed by atoms with Gasteiger partial charge in [-0.2, -0.15) is 0 Å². The van der Waals surface area contributed by atoms with Crippen LogP contribution in [0.4, 0.5) is 0 Å². The minimum atomic E-state index is -0.178. The molecule has 1 aromatic heterocycles. The van der Waals surface area contributed by atoms with Crippen molar-refractivity contribution in [1.29, 1.82) is 0 Å². The van der Waals surface area contributed by atoms with E-state index in [0.29, 0.717) is 17.7 Å². The fourth-order valence-corrected chi connectivity index (χ4v) is 5.09. The molecule has 1 aliphatic rings. The molecule has 0 saturated heterocycles. The fourth-order valence-electron chi connectivity index (χ4n) is 1.99. The van der Waals surface area contributed by atoms with Gasteiger partial charge >= 0.3 is 0 Å². The molecule has 0 N–H and O–H groups in total. The molecule has 2 rings (SSSR count). The number of hydrogen-bond acceptors (Lipinski definition) is 3. The second kappa shape index (κ2) is 9.06. The number of fused-ring (bicyclic) bond motifs is 1. The van der Waals surface area contributed by atoms with Gasteiger partial charge in [0.15, 0.2) is 0 Å². The Labute approximate surface area is 147 Å². The van der Waals surface area contributed by atoms with E-state index in [0.717, 1.165) is 20.4 Å². The number of halogens is 2. The summed E-state index contributed by atoms with van der Waals surface area (Å²) in [4.78, 5) is 25.3. The summed E-state index contributed by atoms with van der Waals surface area (Å²) in [5, 5.41) is 0. The molecule has 118 valence electrons. The molecule has 0 aromatic carbocycles. The molecule has 0 fully saturated rings. The van der Waals surface area contributed by atoms with Crippen molar-refractivity contribution < 1.29 is 9.59 Å². The molecule has 0 unspecified atom stereocenters. The number of unbranched alkanes of at least 4 members (excludes halogenated alkanes) is 3. The second-order valence-corrected chi connectivity index (χ2v) is 8.52. The van der Waals surface area contributed by atoms with E-state index in [4.69, 9.17) is 0 Å². The Kier molecular flexibility index (Phi) is 8.13. The minimum Gasteiger partial charge on any atom is -0.274 e. The van der Waals surface area contributed by atoms with E-state index in [1.54, 1.807) is 0 Å². The quantitative estimate of drug-likeness (QED) is 0.539. The Hall–Kier alpha value is -0.200. The highest BCUT2D eigenvalue weighted by molar-refractivity contribution is 9.12. The number of imide groups is 1. The Balaban J connectivity index is 0.000000383. The molecule has 6 heteroatoms. The van der Waals surface area contributed by atoms with Crippen LogP contribution in [-0.2, 0) is 0 Å². The van der Waals surface area contributed by atoms with Crippen LogP contribution in [0.15, 0.2) is 7.57 Å². The molecule has 3 nitrogen and oxygen atoms in total. The highest BCUT2D eigenvalue weighted by Gasteiger charge is 2.40. The van der Waals surface area contributed by atoms with Crippen LogP contribution in [0.3, 0.4) is 0 Å². The minimum absolute atomic E-state index is 0.178. The number of carbonyl (C=O) groups excluding carboxylic acids is 2. The van der Waals surface area contributed by atoms with E-state index in [-0.39, 0.29) is 11.8 Å². The van der Waals surface area contributed by atoms with Gasteiger partial charge in [0.1, 0.15) is 0 Å². The zero-order valence-electron chi connectivity index (χ0n) is 12.7. The SMILES string of the molecule is CCCCC.CCCCN1C(=O)c2c(Br)sc(Br)c2C1=O. The number of carbonyl (C=O) groups is 2. The van der Waals surface area contributed by atoms with Crippen LogP contribution >= 0.6 is 43.2 Å². The first-order valence-corrected chi connectivity index (χ1v) is 9.73. The van der Waals surface area contributed by atoms with Crippen LogP contribution in [0.5, 0.6) is 0 Å². The van der Waals surface area contributed by atoms with Crippen LogP contribution in [0.25, 0.3) is 0 Å². The summed E-state index contributed by atoms with van der Waals surface area (Å²) in [6.45, 7) is 6.96. The highest BCUT2D eigenvalue weighted by atomic mass is 79.9. The maximum atomic E-state index is 12.0. The molecule has 0 bridgehead atoms. The molecule has 0 atom stereocenters. The topological polar surface area (TPSA) is 37.4 Å². The summed E-state index contributed by atoms with van der Waals surface area (Å²) in [5.74, 6) is -0.357. The number of amides is 2. The molecule has 2 heterocycles. The lowest BCUT2D eigenvalue weighted by Gasteiger charge is -2.13. The van der Waals surface area contributed by atoms with Crippen molar-refractivity contribution in [2.45, 2.75) is 52.9 Å². The van der Waals surface area contributed by atoms with Gasteiger partial charge in [0.05, 0.1) is 18.7 Å². The maximum Gasteiger partial charge on any atom is 0.263 e. The number of rotatable bonds is 5. The number of thiophene rings is 1. The lowest BCUT2D eigenvalue weighted by atomic mass is 10.2. The lowest BCUT2D eigenvalue weighted by Crippen LogP contribution is -2.30. The zero-order chi connectivity index (χ0) is 16.0. The van der Waals surface area contributed by atoms with Gasteiger partial charge in [-0.25, -0.2) is 0 Å². The highest BCUT2D eigenvalue weighted by Crippen LogP contribution is 2.41. The third-order valence-corrected chi connectivity index (χ3v) is 5.71. The molecule has 0 spiro atoms. The van der Waals surface area contributed by atoms with E-state index < -0.39 is 0 Å². The van der Waals surface area contributed by atoms with Crippen LogP contribution in [0.2, 0.25) is 0 Å². The third-order valence-electron chi connectivity index (χ3n) is 3.18. The summed E-state index contributed by atoms with van der Waals surface area (Å²) in [5.41, 5.74) is 1.02. The summed E-state index contributed by atoms with van der Waals surface area (Å²) in [6.07, 6.45) is 5.89. The van der Waals surface area contributed by atoms with Gasteiger partial charge in [-0.15, -0.1) is 11.3 Å². The maximum absolute atomic E-state index is 12.0. The first-order chi connectivity index (χ1) is 9.99. The summed E-state index contributed by atoms with van der Waals surface area (Å²) >= 11 is 8.01. The Morgan fingerprint density at radius 2 is 1.29 bits per heavy atom. The van der Waals surface area contributed by atoms with Gasteiger partial charge < -0.3 is 0 Å². The smallest absolute Gasteiger partial charge is 0.263 e. The van der Waals surface area contributed by atoms with E-state index in [9.17, 15) is 9.59 Å². The Morgan fingerprint density at radius 3 is 1.62 bits per heavy atom. The van der Waals surface area contributed by atoms with Gasteiger partial charge in [0, 0.05) is 6.54 Å². The fraction of sp³-hybridized carbons (Fsp3) is 0.600. The molecule has 1 aliphatic heterocycles. The van der Waals surface area contributed by atoms with Gasteiger partial charge in [-0.05, 0) is 38.3 Å².